The van der Waals surface area contributed by atoms with Gasteiger partial charge in [0.25, 0.3) is 0 Å². The third-order valence-corrected chi connectivity index (χ3v) is 5.59. The van der Waals surface area contributed by atoms with Crippen molar-refractivity contribution >= 4 is 11.6 Å². The molecule has 2 aromatic rings. The fourth-order valence-corrected chi connectivity index (χ4v) is 3.74. The van der Waals surface area contributed by atoms with Crippen LogP contribution in [0.1, 0.15) is 69.7 Å². The molecule has 0 fully saturated rings. The van der Waals surface area contributed by atoms with E-state index in [0.717, 1.165) is 5.57 Å². The lowest BCUT2D eigenvalue weighted by Crippen LogP contribution is -2.33. The minimum absolute atomic E-state index is 0.170. The molecular weight excluding hydrogens is 295 g/mol. The van der Waals surface area contributed by atoms with Gasteiger partial charge in [0.1, 0.15) is 5.82 Å². The lowest BCUT2D eigenvalue weighted by molar-refractivity contribution is 0.332. The summed E-state index contributed by atoms with van der Waals surface area (Å²) in [5, 5.41) is 0. The molecule has 0 saturated heterocycles. The van der Waals surface area contributed by atoms with E-state index in [1.54, 1.807) is 6.07 Å². The number of rotatable bonds is 2. The van der Waals surface area contributed by atoms with Crippen LogP contribution in [0.2, 0.25) is 0 Å². The summed E-state index contributed by atoms with van der Waals surface area (Å²) in [5.74, 6) is -0.170. The number of hydrogen-bond donors (Lipinski definition) is 0. The van der Waals surface area contributed by atoms with Crippen LogP contribution < -0.4 is 0 Å². The molecule has 1 heteroatoms. The van der Waals surface area contributed by atoms with Crippen LogP contribution in [-0.4, -0.2) is 0 Å². The van der Waals surface area contributed by atoms with Gasteiger partial charge in [0.15, 0.2) is 0 Å². The molecule has 1 aliphatic carbocycles. The molecule has 24 heavy (non-hydrogen) atoms. The predicted molar refractivity (Wildman–Crippen MR) is 102 cm³/mol. The van der Waals surface area contributed by atoms with Gasteiger partial charge >= 0.3 is 0 Å². The maximum atomic E-state index is 13.9. The van der Waals surface area contributed by atoms with Crippen LogP contribution in [0.15, 0.2) is 42.5 Å². The molecule has 2 aromatic carbocycles. The molecule has 0 aromatic heterocycles. The van der Waals surface area contributed by atoms with E-state index in [9.17, 15) is 4.39 Å². The van der Waals surface area contributed by atoms with Crippen molar-refractivity contribution in [3.8, 4) is 0 Å². The summed E-state index contributed by atoms with van der Waals surface area (Å²) in [4.78, 5) is 0. The molecule has 0 aliphatic heterocycles. The van der Waals surface area contributed by atoms with Gasteiger partial charge in [-0.1, -0.05) is 64.1 Å². The van der Waals surface area contributed by atoms with Crippen molar-refractivity contribution in [2.24, 2.45) is 0 Å². The van der Waals surface area contributed by atoms with Crippen LogP contribution in [0, 0.1) is 5.82 Å². The quantitative estimate of drug-likeness (QED) is 0.537. The first kappa shape index (κ1) is 17.0. The Morgan fingerprint density at radius 1 is 0.917 bits per heavy atom. The third-order valence-electron chi connectivity index (χ3n) is 5.59. The second-order valence-electron chi connectivity index (χ2n) is 8.38. The zero-order chi connectivity index (χ0) is 17.5. The van der Waals surface area contributed by atoms with Gasteiger partial charge in [-0.3, -0.25) is 0 Å². The van der Waals surface area contributed by atoms with Crippen molar-refractivity contribution in [3.05, 3.63) is 70.5 Å². The van der Waals surface area contributed by atoms with E-state index >= 15 is 0 Å². The van der Waals surface area contributed by atoms with Gasteiger partial charge in [0.2, 0.25) is 0 Å². The van der Waals surface area contributed by atoms with E-state index in [2.05, 4.69) is 52.8 Å². The monoisotopic (exact) mass is 322 g/mol. The van der Waals surface area contributed by atoms with Gasteiger partial charge in [-0.15, -0.1) is 0 Å². The molecule has 0 unspecified atom stereocenters. The molecule has 0 atom stereocenters. The maximum absolute atomic E-state index is 13.9. The number of fused-ring (bicyclic) bond motifs is 1. The van der Waals surface area contributed by atoms with Crippen molar-refractivity contribution in [1.29, 1.82) is 0 Å². The zero-order valence-electron chi connectivity index (χ0n) is 15.4. The van der Waals surface area contributed by atoms with Gasteiger partial charge in [-0.05, 0) is 65.0 Å². The van der Waals surface area contributed by atoms with E-state index in [-0.39, 0.29) is 16.6 Å². The van der Waals surface area contributed by atoms with Crippen molar-refractivity contribution in [1.82, 2.24) is 0 Å². The van der Waals surface area contributed by atoms with Gasteiger partial charge < -0.3 is 0 Å². The minimum Gasteiger partial charge on any atom is -0.206 e. The maximum Gasteiger partial charge on any atom is 0.130 e. The third kappa shape index (κ3) is 3.05. The molecule has 126 valence electrons. The number of benzene rings is 2. The smallest absolute Gasteiger partial charge is 0.130 e. The predicted octanol–water partition coefficient (Wildman–Crippen LogP) is 6.74. The highest BCUT2D eigenvalue weighted by molar-refractivity contribution is 5.80. The van der Waals surface area contributed by atoms with E-state index < -0.39 is 0 Å². The first-order chi connectivity index (χ1) is 11.2. The fraction of sp³-hybridized carbons (Fsp3) is 0.391. The van der Waals surface area contributed by atoms with Crippen LogP contribution in [0.25, 0.3) is 11.6 Å². The number of halogens is 1. The van der Waals surface area contributed by atoms with Crippen LogP contribution in [0.5, 0.6) is 0 Å². The highest BCUT2D eigenvalue weighted by Crippen LogP contribution is 2.46. The molecule has 1 aliphatic rings. The lowest BCUT2D eigenvalue weighted by Gasteiger charge is -2.42. The average molecular weight is 322 g/mol. The van der Waals surface area contributed by atoms with Crippen LogP contribution in [0.3, 0.4) is 0 Å². The molecule has 3 rings (SSSR count). The Hall–Kier alpha value is -1.89. The average Bonchev–Trinajstić information content (AvgIpc) is 2.54. The summed E-state index contributed by atoms with van der Waals surface area (Å²) in [7, 11) is 0. The first-order valence-corrected chi connectivity index (χ1v) is 8.79. The second-order valence-corrected chi connectivity index (χ2v) is 8.38. The highest BCUT2D eigenvalue weighted by atomic mass is 19.1. The summed E-state index contributed by atoms with van der Waals surface area (Å²) >= 11 is 0. The Bertz CT molecular complexity index is 793. The Labute approximate surface area is 145 Å². The molecule has 0 spiro atoms. The Kier molecular flexibility index (Phi) is 4.15. The summed E-state index contributed by atoms with van der Waals surface area (Å²) in [6.45, 7) is 11.4. The number of allylic oxidation sites excluding steroid dienone is 1. The van der Waals surface area contributed by atoms with Gasteiger partial charge in [0.05, 0.1) is 0 Å². The molecule has 0 radical (unpaired) electrons. The molecular formula is C23H27F. The Balaban J connectivity index is 2.07. The number of hydrogen-bond acceptors (Lipinski definition) is 0. The highest BCUT2D eigenvalue weighted by Gasteiger charge is 2.36. The van der Waals surface area contributed by atoms with E-state index in [4.69, 9.17) is 0 Å². The SMILES string of the molecule is C/C(=C\c1ccccc1F)c1ccc2c(c1)C(C)(C)CCC2(C)C. The van der Waals surface area contributed by atoms with Gasteiger partial charge in [-0.25, -0.2) is 4.39 Å². The molecule has 0 amide bonds. The van der Waals surface area contributed by atoms with Crippen molar-refractivity contribution in [2.45, 2.75) is 58.3 Å². The zero-order valence-corrected chi connectivity index (χ0v) is 15.4. The Morgan fingerprint density at radius 3 is 2.21 bits per heavy atom. The van der Waals surface area contributed by atoms with Crippen molar-refractivity contribution in [2.75, 3.05) is 0 Å². The van der Waals surface area contributed by atoms with Crippen molar-refractivity contribution in [3.63, 3.8) is 0 Å². The van der Waals surface area contributed by atoms with E-state index in [1.165, 1.54) is 35.6 Å². The largest absolute Gasteiger partial charge is 0.206 e. The summed E-state index contributed by atoms with van der Waals surface area (Å²) in [5.41, 5.74) is 6.25. The van der Waals surface area contributed by atoms with Crippen LogP contribution in [0.4, 0.5) is 4.39 Å². The minimum atomic E-state index is -0.170. The molecule has 0 nitrogen and oxygen atoms in total. The fourth-order valence-electron chi connectivity index (χ4n) is 3.74. The molecule has 0 heterocycles. The molecule has 0 bridgehead atoms. The Morgan fingerprint density at radius 2 is 1.54 bits per heavy atom. The molecule has 0 N–H and O–H groups in total. The summed E-state index contributed by atoms with van der Waals surface area (Å²) < 4.78 is 13.9. The van der Waals surface area contributed by atoms with Crippen molar-refractivity contribution < 1.29 is 4.39 Å². The lowest BCUT2D eigenvalue weighted by atomic mass is 9.63. The van der Waals surface area contributed by atoms with E-state index in [1.807, 2.05) is 18.2 Å². The topological polar surface area (TPSA) is 0 Å². The van der Waals surface area contributed by atoms with Crippen LogP contribution >= 0.6 is 0 Å². The normalized spacial score (nSPS) is 19.0. The summed E-state index contributed by atoms with van der Waals surface area (Å²) in [6.07, 6.45) is 4.36. The van der Waals surface area contributed by atoms with Gasteiger partial charge in [0, 0.05) is 5.56 Å². The summed E-state index contributed by atoms with van der Waals surface area (Å²) in [6, 6.07) is 13.7. The standard InChI is InChI=1S/C23H27F/c1-16(14-18-8-6-7-9-21(18)24)17-10-11-19-20(15-17)23(4,5)13-12-22(19,2)3/h6-11,14-15H,12-13H2,1-5H3/b16-14+. The second kappa shape index (κ2) is 5.88. The van der Waals surface area contributed by atoms with E-state index in [0.29, 0.717) is 5.56 Å². The van der Waals surface area contributed by atoms with Gasteiger partial charge in [-0.2, -0.15) is 0 Å². The first-order valence-electron chi connectivity index (χ1n) is 8.79. The van der Waals surface area contributed by atoms with Crippen LogP contribution in [-0.2, 0) is 10.8 Å². The molecule has 0 saturated carbocycles.